The molecule has 78 heavy (non-hydrogen) atoms. The Balaban J connectivity index is 2.50. The van der Waals surface area contributed by atoms with Crippen molar-refractivity contribution in [3.05, 3.63) is 35.4 Å². The van der Waals surface area contributed by atoms with Gasteiger partial charge in [0, 0.05) is 31.4 Å². The largest absolute Gasteiger partial charge is 0.481 e. The molecule has 0 radical (unpaired) electrons. The maximum atomic E-state index is 15.5. The van der Waals surface area contributed by atoms with Crippen LogP contribution in [0.15, 0.2) is 24.3 Å². The number of nitrogens with zero attached hydrogens (tertiary/aromatic N) is 1. The molecule has 1 aliphatic heterocycles. The van der Waals surface area contributed by atoms with Gasteiger partial charge in [0.05, 0.1) is 32.3 Å². The minimum atomic E-state index is -5.04. The zero-order chi connectivity index (χ0) is 59.2. The number of hydrogen-bond donors (Lipinski definition) is 12. The summed E-state index contributed by atoms with van der Waals surface area (Å²) in [6.45, 7) is 7.71. The van der Waals surface area contributed by atoms with Gasteiger partial charge in [0.2, 0.25) is 59.1 Å². The highest BCUT2D eigenvalue weighted by molar-refractivity contribution is 7.54. The van der Waals surface area contributed by atoms with Crippen LogP contribution in [-0.4, -0.2) is 155 Å². The normalized spacial score (nSPS) is 17.1. The number of likely N-dealkylation sites (tertiary alicyclic amines) is 1. The van der Waals surface area contributed by atoms with Crippen LogP contribution in [0.2, 0.25) is 0 Å². The molecule has 1 heterocycles. The van der Waals surface area contributed by atoms with Gasteiger partial charge in [-0.05, 0) is 56.9 Å². The van der Waals surface area contributed by atoms with Crippen LogP contribution < -0.4 is 54.8 Å². The Labute approximate surface area is 450 Å². The summed E-state index contributed by atoms with van der Waals surface area (Å²) in [4.78, 5) is 146. The van der Waals surface area contributed by atoms with E-state index in [4.69, 9.17) is 32.0 Å². The fourth-order valence-corrected chi connectivity index (χ4v) is 9.54. The number of nitrogens with two attached hydrogens (primary N) is 4. The van der Waals surface area contributed by atoms with Crippen molar-refractivity contribution in [2.75, 3.05) is 26.4 Å². The lowest BCUT2D eigenvalue weighted by molar-refractivity contribution is -0.143. The number of halogens is 2. The van der Waals surface area contributed by atoms with Gasteiger partial charge in [-0.3, -0.25) is 57.3 Å². The Kier molecular flexibility index (Phi) is 27.4. The SMILES string of the molecule is CCOP(=O)(OCC)C(F)(F)c1ccc(C[C@H](NC(=O)[C@H](CCC(N)=O)NC(=O)[C@@H]2CCCN2C(=O)[C@H](CC(N)=O)NC(=O)[C@H](CCC(=O)O)NC(=O)[C@@H](NC(=O)[C@@H](N)[C@@H](C)CC)[C@@H](C)CC)C(=O)N[C@@H](CO)C(N)=O)cc1. The Bertz CT molecular complexity index is 2340. The van der Waals surface area contributed by atoms with Gasteiger partial charge >= 0.3 is 19.2 Å². The number of rotatable bonds is 35. The summed E-state index contributed by atoms with van der Waals surface area (Å²) in [7, 11) is -5.04. The van der Waals surface area contributed by atoms with Crippen LogP contribution in [0.3, 0.4) is 0 Å². The molecule has 16 N–H and O–H groups in total. The first-order valence-corrected chi connectivity index (χ1v) is 27.0. The average Bonchev–Trinajstić information content (AvgIpc) is 3.88. The maximum Gasteiger partial charge on any atom is 0.404 e. The summed E-state index contributed by atoms with van der Waals surface area (Å²) < 4.78 is 53.8. The van der Waals surface area contributed by atoms with Gasteiger partial charge in [0.25, 0.3) is 0 Å². The van der Waals surface area contributed by atoms with E-state index in [1.807, 2.05) is 6.92 Å². The molecule has 1 aromatic rings. The van der Waals surface area contributed by atoms with E-state index in [0.717, 1.165) is 29.2 Å². The molecule has 2 rings (SSSR count). The molecule has 27 nitrogen and oxygen atoms in total. The summed E-state index contributed by atoms with van der Waals surface area (Å²) in [5, 5.41) is 33.6. The van der Waals surface area contributed by atoms with Gasteiger partial charge < -0.3 is 79.0 Å². The number of primary amides is 3. The third-order valence-electron chi connectivity index (χ3n) is 13.0. The standard InChI is InChI=1S/C48H76F2N11O16P/c1-7-25(5)38(53)45(72)60-39(26(6)8-2)46(73)56-30(18-20-37(65)66)42(69)58-32(23-36(52)64)47(74)61-21-11-12-34(61)44(71)55-29(17-19-35(51)63)41(68)57-31(43(70)59-33(24-62)40(54)67)22-27-13-15-28(16-14-27)48(49,50)78(75,76-9-3)77-10-4/h13-16,25-26,29-34,38-39,62H,7-12,17-24,53H2,1-6H3,(H2,51,63)(H2,52,64)(H2,54,67)(H,55,71)(H,56,73)(H,57,68)(H,58,69)(H,59,70)(H,60,72)(H,65,66)/t25-,26-,29-,30-,31-,32-,33-,34-,38-,39-/m0/s1. The smallest absolute Gasteiger partial charge is 0.404 e. The molecule has 438 valence electrons. The van der Waals surface area contributed by atoms with Gasteiger partial charge in [-0.25, -0.2) is 0 Å². The number of carbonyl (C=O) groups is 11. The van der Waals surface area contributed by atoms with E-state index in [1.165, 1.54) is 13.8 Å². The second-order valence-electron chi connectivity index (χ2n) is 18.7. The number of hydrogen-bond acceptors (Lipinski definition) is 16. The molecule has 0 saturated carbocycles. The monoisotopic (exact) mass is 1130 g/mol. The molecule has 1 aromatic carbocycles. The lowest BCUT2D eigenvalue weighted by atomic mass is 9.95. The molecule has 1 fully saturated rings. The minimum Gasteiger partial charge on any atom is -0.481 e. The fourth-order valence-electron chi connectivity index (χ4n) is 8.00. The maximum absolute atomic E-state index is 15.5. The van der Waals surface area contributed by atoms with Crippen LogP contribution in [0.4, 0.5) is 8.78 Å². The molecule has 0 aromatic heterocycles. The quantitative estimate of drug-likeness (QED) is 0.0339. The Hall–Kier alpha value is -6.68. The summed E-state index contributed by atoms with van der Waals surface area (Å²) in [5.41, 5.74) is 17.4. The number of aliphatic carboxylic acids is 1. The van der Waals surface area contributed by atoms with Gasteiger partial charge in [0.15, 0.2) is 0 Å². The Morgan fingerprint density at radius 2 is 1.22 bits per heavy atom. The second kappa shape index (κ2) is 31.7. The number of carboxylic acid groups (broad SMARTS) is 1. The topological polar surface area (TPSA) is 443 Å². The van der Waals surface area contributed by atoms with Crippen LogP contribution in [0.1, 0.15) is 110 Å². The van der Waals surface area contributed by atoms with E-state index in [0.29, 0.717) is 12.8 Å². The highest BCUT2D eigenvalue weighted by Gasteiger charge is 2.55. The number of aliphatic hydroxyl groups is 1. The van der Waals surface area contributed by atoms with Crippen molar-refractivity contribution >= 4 is 72.6 Å². The van der Waals surface area contributed by atoms with Crippen LogP contribution in [-0.2, 0) is 78.4 Å². The third-order valence-corrected chi connectivity index (χ3v) is 15.1. The Morgan fingerprint density at radius 3 is 1.72 bits per heavy atom. The fraction of sp³-hybridized carbons (Fsp3) is 0.646. The van der Waals surface area contributed by atoms with E-state index in [-0.39, 0.29) is 44.1 Å². The van der Waals surface area contributed by atoms with E-state index >= 15 is 8.78 Å². The first-order valence-electron chi connectivity index (χ1n) is 25.5. The second-order valence-corrected chi connectivity index (χ2v) is 20.8. The van der Waals surface area contributed by atoms with Crippen molar-refractivity contribution in [2.24, 2.45) is 34.8 Å². The van der Waals surface area contributed by atoms with Gasteiger partial charge in [-0.1, -0.05) is 64.8 Å². The zero-order valence-electron chi connectivity index (χ0n) is 44.6. The first-order chi connectivity index (χ1) is 36.5. The van der Waals surface area contributed by atoms with Gasteiger partial charge in [0.1, 0.15) is 42.3 Å². The van der Waals surface area contributed by atoms with Crippen molar-refractivity contribution in [3.8, 4) is 0 Å². The van der Waals surface area contributed by atoms with Crippen molar-refractivity contribution < 1.29 is 85.3 Å². The highest BCUT2D eigenvalue weighted by atomic mass is 31.2. The van der Waals surface area contributed by atoms with E-state index in [2.05, 4.69) is 31.9 Å². The predicted molar refractivity (Wildman–Crippen MR) is 273 cm³/mol. The summed E-state index contributed by atoms with van der Waals surface area (Å²) in [6, 6.07) is -8.35. The van der Waals surface area contributed by atoms with Crippen molar-refractivity contribution in [1.82, 2.24) is 36.8 Å². The molecule has 30 heteroatoms. The molecule has 1 saturated heterocycles. The van der Waals surface area contributed by atoms with Gasteiger partial charge in [-0.2, -0.15) is 8.78 Å². The molecule has 0 unspecified atom stereocenters. The summed E-state index contributed by atoms with van der Waals surface area (Å²) in [5.74, 6) is -12.4. The molecular formula is C48H76F2N11O16P. The van der Waals surface area contributed by atoms with Crippen LogP contribution >= 0.6 is 7.60 Å². The molecule has 1 aliphatic rings. The average molecular weight is 1130 g/mol. The van der Waals surface area contributed by atoms with Crippen molar-refractivity contribution in [2.45, 2.75) is 160 Å². The minimum absolute atomic E-state index is 0.0694. The third kappa shape index (κ3) is 19.7. The van der Waals surface area contributed by atoms with Gasteiger partial charge in [-0.15, -0.1) is 0 Å². The van der Waals surface area contributed by atoms with Crippen LogP contribution in [0, 0.1) is 11.8 Å². The van der Waals surface area contributed by atoms with E-state index in [1.54, 1.807) is 20.8 Å². The zero-order valence-corrected chi connectivity index (χ0v) is 45.4. The lowest BCUT2D eigenvalue weighted by Crippen LogP contribution is -2.61. The molecule has 0 bridgehead atoms. The number of alkyl halides is 2. The predicted octanol–water partition coefficient (Wildman–Crippen LogP) is -1.65. The number of aliphatic hydroxyl groups excluding tert-OH is 1. The number of nitrogens with one attached hydrogen (secondary N) is 6. The summed E-state index contributed by atoms with van der Waals surface area (Å²) >= 11 is 0. The number of amides is 10. The molecule has 10 amide bonds. The number of carbonyl (C=O) groups excluding carboxylic acids is 10. The number of benzene rings is 1. The first kappa shape index (κ1) is 67.4. The lowest BCUT2D eigenvalue weighted by Gasteiger charge is -2.31. The molecule has 0 spiro atoms. The molecule has 10 atom stereocenters. The van der Waals surface area contributed by atoms with Crippen LogP contribution in [0.5, 0.6) is 0 Å². The van der Waals surface area contributed by atoms with Crippen LogP contribution in [0.25, 0.3) is 0 Å². The molecule has 0 aliphatic carbocycles. The van der Waals surface area contributed by atoms with E-state index < -0.39 is 183 Å². The Morgan fingerprint density at radius 1 is 0.705 bits per heavy atom. The molecular weight excluding hydrogens is 1060 g/mol. The highest BCUT2D eigenvalue weighted by Crippen LogP contribution is 2.66. The summed E-state index contributed by atoms with van der Waals surface area (Å²) in [6.07, 6.45) is -2.65. The van der Waals surface area contributed by atoms with E-state index in [9.17, 15) is 67.5 Å². The van der Waals surface area contributed by atoms with Crippen molar-refractivity contribution in [1.29, 1.82) is 0 Å². The number of carboxylic acids is 1. The van der Waals surface area contributed by atoms with Crippen molar-refractivity contribution in [3.63, 3.8) is 0 Å².